The summed E-state index contributed by atoms with van der Waals surface area (Å²) < 4.78 is 0. The summed E-state index contributed by atoms with van der Waals surface area (Å²) in [6.45, 7) is 35.6. The molecule has 0 aliphatic carbocycles. The second-order valence-electron chi connectivity index (χ2n) is 16.9. The van der Waals surface area contributed by atoms with Crippen molar-refractivity contribution in [2.24, 2.45) is 0 Å². The van der Waals surface area contributed by atoms with E-state index in [1.54, 1.807) is 5.19 Å². The molecule has 4 aromatic carbocycles. The molecule has 272 valence electrons. The third-order valence-electron chi connectivity index (χ3n) is 10.3. The zero-order chi connectivity index (χ0) is 34.3. The first-order chi connectivity index (χ1) is 21.4. The van der Waals surface area contributed by atoms with Crippen LogP contribution in [0, 0.1) is 0 Å². The summed E-state index contributed by atoms with van der Waals surface area (Å²) in [5.41, 5.74) is 10.2. The SMILES string of the molecule is CC(C)c1cc(C(C)C)cc([Si](c2cc(C(C)C)cc(C(C)C)c2)(c2cc(C(C)C)cc(C(C)C)c2)[c-]2cccc2C(C)(C)C)c1.[Cl-].[Cl-].[Cl-].[Ti+4]. The first-order valence-electron chi connectivity index (χ1n) is 18.1. The van der Waals surface area contributed by atoms with E-state index in [2.05, 4.69) is 177 Å². The Balaban J connectivity index is 0.00000600. The Morgan fingerprint density at radius 2 is 0.680 bits per heavy atom. The number of hydrogen-bond acceptors (Lipinski definition) is 0. The molecule has 0 fully saturated rings. The average Bonchev–Trinajstić information content (AvgIpc) is 3.48. The molecule has 5 heteroatoms. The van der Waals surface area contributed by atoms with E-state index in [-0.39, 0.29) is 64.4 Å². The van der Waals surface area contributed by atoms with Crippen LogP contribution in [0.1, 0.15) is 178 Å². The van der Waals surface area contributed by atoms with E-state index in [1.807, 2.05) is 0 Å². The first kappa shape index (κ1) is 48.8. The van der Waals surface area contributed by atoms with Crippen molar-refractivity contribution in [3.63, 3.8) is 0 Å². The molecular weight excluding hydrogens is 723 g/mol. The Labute approximate surface area is 341 Å². The number of halogens is 3. The minimum absolute atomic E-state index is 0. The molecule has 0 heterocycles. The maximum absolute atomic E-state index is 2.87. The van der Waals surface area contributed by atoms with E-state index in [1.165, 1.54) is 54.5 Å². The van der Waals surface area contributed by atoms with E-state index < -0.39 is 8.07 Å². The number of hydrogen-bond donors (Lipinski definition) is 0. The van der Waals surface area contributed by atoms with Crippen molar-refractivity contribution in [3.05, 3.63) is 112 Å². The largest absolute Gasteiger partial charge is 4.00 e. The van der Waals surface area contributed by atoms with Crippen LogP contribution in [0.2, 0.25) is 0 Å². The molecule has 0 saturated heterocycles. The molecule has 0 spiro atoms. The topological polar surface area (TPSA) is 0 Å². The third-order valence-corrected chi connectivity index (χ3v) is 15.0. The maximum Gasteiger partial charge on any atom is 4.00 e. The molecule has 0 aromatic heterocycles. The van der Waals surface area contributed by atoms with Crippen molar-refractivity contribution in [1.82, 2.24) is 0 Å². The van der Waals surface area contributed by atoms with Gasteiger partial charge >= 0.3 is 21.7 Å². The van der Waals surface area contributed by atoms with Crippen molar-refractivity contribution in [1.29, 1.82) is 0 Å². The summed E-state index contributed by atoms with van der Waals surface area (Å²) in [6, 6.07) is 30.5. The Kier molecular flexibility index (Phi) is 18.8. The van der Waals surface area contributed by atoms with Crippen molar-refractivity contribution in [2.45, 2.75) is 145 Å². The van der Waals surface area contributed by atoms with Gasteiger partial charge in [-0.15, -0.1) is 5.19 Å². The van der Waals surface area contributed by atoms with Gasteiger partial charge in [0.05, 0.1) is 0 Å². The number of rotatable bonds is 10. The predicted octanol–water partition coefficient (Wildman–Crippen LogP) is 1.83. The van der Waals surface area contributed by atoms with Crippen LogP contribution in [0.4, 0.5) is 0 Å². The zero-order valence-corrected chi connectivity index (χ0v) is 38.4. The van der Waals surface area contributed by atoms with Gasteiger partial charge in [-0.2, -0.15) is 11.6 Å². The van der Waals surface area contributed by atoms with Gasteiger partial charge in [0.2, 0.25) is 0 Å². The van der Waals surface area contributed by atoms with Crippen LogP contribution in [0.3, 0.4) is 0 Å². The smallest absolute Gasteiger partial charge is 1.00 e. The molecule has 0 bridgehead atoms. The normalized spacial score (nSPS) is 11.9. The van der Waals surface area contributed by atoms with Gasteiger partial charge in [-0.05, 0) is 74.3 Å². The van der Waals surface area contributed by atoms with Crippen molar-refractivity contribution in [3.8, 4) is 0 Å². The Morgan fingerprint density at radius 3 is 0.880 bits per heavy atom. The summed E-state index contributed by atoms with van der Waals surface area (Å²) in [6.07, 6.45) is 0. The van der Waals surface area contributed by atoms with Crippen molar-refractivity contribution >= 4 is 28.8 Å². The number of benzene rings is 3. The maximum atomic E-state index is 2.62. The molecule has 0 saturated carbocycles. The Hall–Kier alpha value is -1.19. The van der Waals surface area contributed by atoms with Gasteiger partial charge in [-0.3, -0.25) is 0 Å². The van der Waals surface area contributed by atoms with Gasteiger partial charge in [0.25, 0.3) is 0 Å². The molecule has 0 unspecified atom stereocenters. The third kappa shape index (κ3) is 10.1. The standard InChI is InChI=1S/C45H63Si.3ClH.Ti/c1-28(2)34-19-35(29(3)4)23-40(22-34)46(44-18-16-17-43(44)45(13,14)15,41-24-36(30(5)6)20-37(25-41)31(7)8)42-26-38(32(9)10)21-39(27-42)33(11)12;;;;/h16-33H,1-15H3;3*1H;/q-1;;;;+4/p-3. The second-order valence-corrected chi connectivity index (χ2v) is 20.7. The molecular formula is C45H63Cl3SiTi. The van der Waals surface area contributed by atoms with Gasteiger partial charge in [0.15, 0.2) is 0 Å². The predicted molar refractivity (Wildman–Crippen MR) is 209 cm³/mol. The van der Waals surface area contributed by atoms with Crippen molar-refractivity contribution < 1.29 is 58.9 Å². The minimum Gasteiger partial charge on any atom is -1.00 e. The molecule has 4 aromatic rings. The average molecular weight is 786 g/mol. The first-order valence-corrected chi connectivity index (χ1v) is 20.1. The van der Waals surface area contributed by atoms with Gasteiger partial charge in [0.1, 0.15) is 8.07 Å². The molecule has 50 heavy (non-hydrogen) atoms. The quantitative estimate of drug-likeness (QED) is 0.131. The zero-order valence-electron chi connectivity index (χ0n) is 33.5. The second kappa shape index (κ2) is 19.2. The monoisotopic (exact) mass is 784 g/mol. The van der Waals surface area contributed by atoms with Gasteiger partial charge in [-0.1, -0.05) is 174 Å². The van der Waals surface area contributed by atoms with E-state index >= 15 is 0 Å². The van der Waals surface area contributed by atoms with E-state index in [9.17, 15) is 0 Å². The summed E-state index contributed by atoms with van der Waals surface area (Å²) in [5, 5.41) is 6.16. The fraction of sp³-hybridized carbons (Fsp3) is 0.489. The fourth-order valence-corrected chi connectivity index (χ4v) is 12.5. The molecule has 0 aliphatic heterocycles. The van der Waals surface area contributed by atoms with Crippen LogP contribution in [0.25, 0.3) is 0 Å². The summed E-state index contributed by atoms with van der Waals surface area (Å²) >= 11 is 0. The molecule has 0 aliphatic rings. The van der Waals surface area contributed by atoms with Gasteiger partial charge in [-0.25, -0.2) is 12.1 Å². The molecule has 0 nitrogen and oxygen atoms in total. The molecule has 0 amide bonds. The van der Waals surface area contributed by atoms with Gasteiger partial charge < -0.3 is 37.2 Å². The van der Waals surface area contributed by atoms with Crippen LogP contribution in [-0.2, 0) is 27.1 Å². The summed E-state index contributed by atoms with van der Waals surface area (Å²) in [4.78, 5) is 0. The van der Waals surface area contributed by atoms with Crippen LogP contribution in [-0.4, -0.2) is 8.07 Å². The molecule has 4 rings (SSSR count). The van der Waals surface area contributed by atoms with Crippen LogP contribution in [0.5, 0.6) is 0 Å². The van der Waals surface area contributed by atoms with Crippen LogP contribution >= 0.6 is 0 Å². The minimum atomic E-state index is -2.87. The van der Waals surface area contributed by atoms with Crippen LogP contribution < -0.4 is 58.0 Å². The molecule has 0 atom stereocenters. The fourth-order valence-electron chi connectivity index (χ4n) is 7.05. The van der Waals surface area contributed by atoms with Gasteiger partial charge in [0, 0.05) is 0 Å². The van der Waals surface area contributed by atoms with Crippen LogP contribution in [0.15, 0.2) is 72.8 Å². The molecule has 0 N–H and O–H groups in total. The van der Waals surface area contributed by atoms with E-state index in [0.29, 0.717) is 35.5 Å². The van der Waals surface area contributed by atoms with E-state index in [0.717, 1.165) is 0 Å². The Bertz CT molecular complexity index is 1420. The summed E-state index contributed by atoms with van der Waals surface area (Å²) in [7, 11) is -2.87. The van der Waals surface area contributed by atoms with E-state index in [4.69, 9.17) is 0 Å². The van der Waals surface area contributed by atoms with Crippen molar-refractivity contribution in [2.75, 3.05) is 0 Å². The Morgan fingerprint density at radius 1 is 0.440 bits per heavy atom. The molecule has 0 radical (unpaired) electrons. The summed E-state index contributed by atoms with van der Waals surface area (Å²) in [5.74, 6) is 2.71.